The number of para-hydroxylation sites is 1. The number of nitrogens with zero attached hydrogens (tertiary/aromatic N) is 2. The first kappa shape index (κ1) is 25.4. The van der Waals surface area contributed by atoms with Gasteiger partial charge in [-0.15, -0.1) is 0 Å². The number of hydrogen-bond acceptors (Lipinski definition) is 7. The van der Waals surface area contributed by atoms with Crippen molar-refractivity contribution < 1.29 is 19.1 Å². The second-order valence-corrected chi connectivity index (χ2v) is 11.2. The standard InChI is InChI=1S/C28H30N6O4S/c1-2-22(35)31-16-8-9-17(14-16)32-26(36)25-24-23-20(12-13-29-27(23)39-25)34(28(37)33-24)21-11-10-19(15-30-21)38-18-6-4-3-5-7-18/h2-7,10-11,15-17,20,23,27,29H,1,8-9,12-14H2,(H,31,35)(H,32,36)(H,33,37)/t16-,17+,20?,23?,27?/m1/s1. The maximum Gasteiger partial charge on any atom is 0.327 e. The summed E-state index contributed by atoms with van der Waals surface area (Å²) in [5.41, 5.74) is 0.680. The number of anilines is 1. The van der Waals surface area contributed by atoms with E-state index in [1.807, 2.05) is 30.3 Å². The van der Waals surface area contributed by atoms with Crippen molar-refractivity contribution in [3.05, 3.63) is 71.9 Å². The number of nitrogens with one attached hydrogen (secondary N) is 4. The van der Waals surface area contributed by atoms with Crippen LogP contribution in [0.15, 0.2) is 71.9 Å². The van der Waals surface area contributed by atoms with Crippen molar-refractivity contribution in [2.24, 2.45) is 5.92 Å². The molecule has 4 N–H and O–H groups in total. The lowest BCUT2D eigenvalue weighted by Gasteiger charge is -2.45. The van der Waals surface area contributed by atoms with E-state index in [1.165, 1.54) is 17.8 Å². The van der Waals surface area contributed by atoms with Gasteiger partial charge < -0.3 is 26.0 Å². The molecule has 3 fully saturated rings. The molecule has 4 amide bonds. The summed E-state index contributed by atoms with van der Waals surface area (Å²) in [4.78, 5) is 45.2. The van der Waals surface area contributed by atoms with Crippen LogP contribution < -0.4 is 30.9 Å². The Bertz CT molecular complexity index is 1320. The number of pyridine rings is 1. The molecule has 3 aliphatic heterocycles. The first-order chi connectivity index (χ1) is 19.0. The Balaban J connectivity index is 1.17. The van der Waals surface area contributed by atoms with Gasteiger partial charge in [0, 0.05) is 23.7 Å². The average Bonchev–Trinajstić information content (AvgIpc) is 3.55. The third-order valence-electron chi connectivity index (χ3n) is 7.59. The molecule has 1 saturated carbocycles. The van der Waals surface area contributed by atoms with Crippen LogP contribution in [-0.4, -0.2) is 52.9 Å². The molecule has 1 aromatic carbocycles. The van der Waals surface area contributed by atoms with Crippen molar-refractivity contribution in [3.8, 4) is 11.5 Å². The second-order valence-electron chi connectivity index (χ2n) is 10.1. The number of urea groups is 1. The van der Waals surface area contributed by atoms with Gasteiger partial charge in [-0.3, -0.25) is 14.5 Å². The minimum atomic E-state index is -0.294. The predicted octanol–water partition coefficient (Wildman–Crippen LogP) is 3.01. The SMILES string of the molecule is C=CC(=O)N[C@@H]1CC[C@H](NC(=O)C2=C3NC(=O)N(c4ccc(Oc5ccccc5)cn4)C4CCNC(S2)C34)C1. The summed E-state index contributed by atoms with van der Waals surface area (Å²) in [5.74, 6) is 1.39. The van der Waals surface area contributed by atoms with E-state index < -0.39 is 0 Å². The molecule has 4 aliphatic rings. The van der Waals surface area contributed by atoms with Gasteiger partial charge in [-0.2, -0.15) is 0 Å². The smallest absolute Gasteiger partial charge is 0.327 e. The van der Waals surface area contributed by atoms with Crippen molar-refractivity contribution in [2.45, 2.75) is 49.2 Å². The van der Waals surface area contributed by atoms with Crippen molar-refractivity contribution in [2.75, 3.05) is 11.4 Å². The number of carbonyl (C=O) groups is 3. The fourth-order valence-electron chi connectivity index (χ4n) is 5.84. The highest BCUT2D eigenvalue weighted by Gasteiger charge is 2.52. The number of benzene rings is 1. The Labute approximate surface area is 230 Å². The first-order valence-corrected chi connectivity index (χ1v) is 14.1. The fraction of sp³-hybridized carbons (Fsp3) is 0.357. The lowest BCUT2D eigenvalue weighted by Crippen LogP contribution is -2.62. The first-order valence-electron chi connectivity index (χ1n) is 13.2. The van der Waals surface area contributed by atoms with E-state index in [0.717, 1.165) is 25.8 Å². The van der Waals surface area contributed by atoms with Crippen LogP contribution in [0.5, 0.6) is 11.5 Å². The molecule has 11 heteroatoms. The molecule has 2 aromatic rings. The molecule has 2 saturated heterocycles. The Morgan fingerprint density at radius 3 is 2.62 bits per heavy atom. The average molecular weight is 547 g/mol. The molecule has 6 rings (SSSR count). The summed E-state index contributed by atoms with van der Waals surface area (Å²) in [5, 5.41) is 12.5. The maximum absolute atomic E-state index is 13.4. The minimum Gasteiger partial charge on any atom is -0.456 e. The Hall–Kier alpha value is -3.83. The summed E-state index contributed by atoms with van der Waals surface area (Å²) >= 11 is 1.47. The molecule has 1 aromatic heterocycles. The third-order valence-corrected chi connectivity index (χ3v) is 8.95. The zero-order valence-electron chi connectivity index (χ0n) is 21.3. The molecule has 202 valence electrons. The van der Waals surface area contributed by atoms with Gasteiger partial charge in [-0.1, -0.05) is 36.5 Å². The number of piperidine rings is 1. The van der Waals surface area contributed by atoms with Gasteiger partial charge in [0.2, 0.25) is 5.91 Å². The van der Waals surface area contributed by atoms with Gasteiger partial charge in [-0.05, 0) is 62.6 Å². The van der Waals surface area contributed by atoms with Gasteiger partial charge in [-0.25, -0.2) is 9.78 Å². The zero-order valence-corrected chi connectivity index (χ0v) is 22.1. The van der Waals surface area contributed by atoms with Crippen LogP contribution in [0.2, 0.25) is 0 Å². The van der Waals surface area contributed by atoms with E-state index in [0.29, 0.717) is 34.3 Å². The van der Waals surface area contributed by atoms with Gasteiger partial charge in [0.1, 0.15) is 17.3 Å². The highest BCUT2D eigenvalue weighted by molar-refractivity contribution is 8.04. The van der Waals surface area contributed by atoms with Crippen LogP contribution >= 0.6 is 11.8 Å². The molecule has 0 bridgehead atoms. The Morgan fingerprint density at radius 1 is 1.08 bits per heavy atom. The zero-order chi connectivity index (χ0) is 26.9. The lowest BCUT2D eigenvalue weighted by molar-refractivity contribution is -0.117. The molecule has 3 unspecified atom stereocenters. The number of aromatic nitrogens is 1. The highest BCUT2D eigenvalue weighted by atomic mass is 32.2. The van der Waals surface area contributed by atoms with E-state index in [2.05, 4.69) is 32.8 Å². The number of hydrogen-bond donors (Lipinski definition) is 4. The summed E-state index contributed by atoms with van der Waals surface area (Å²) < 4.78 is 5.85. The Morgan fingerprint density at radius 2 is 1.87 bits per heavy atom. The van der Waals surface area contributed by atoms with Gasteiger partial charge >= 0.3 is 6.03 Å². The quantitative estimate of drug-likeness (QED) is 0.394. The summed E-state index contributed by atoms with van der Waals surface area (Å²) in [6.07, 6.45) is 5.87. The van der Waals surface area contributed by atoms with Crippen molar-refractivity contribution in [3.63, 3.8) is 0 Å². The van der Waals surface area contributed by atoms with Crippen molar-refractivity contribution in [1.82, 2.24) is 26.3 Å². The number of carbonyl (C=O) groups excluding carboxylic acids is 3. The molecule has 39 heavy (non-hydrogen) atoms. The molecule has 0 radical (unpaired) electrons. The van der Waals surface area contributed by atoms with E-state index in [9.17, 15) is 14.4 Å². The van der Waals surface area contributed by atoms with Gasteiger partial charge in [0.05, 0.1) is 22.5 Å². The van der Waals surface area contributed by atoms with Crippen LogP contribution in [0.3, 0.4) is 0 Å². The Kier molecular flexibility index (Phi) is 7.01. The largest absolute Gasteiger partial charge is 0.456 e. The molecular formula is C28H30N6O4S. The summed E-state index contributed by atoms with van der Waals surface area (Å²) in [7, 11) is 0. The normalized spacial score (nSPS) is 27.4. The maximum atomic E-state index is 13.4. The number of amides is 4. The van der Waals surface area contributed by atoms with E-state index in [-0.39, 0.29) is 47.3 Å². The monoisotopic (exact) mass is 546 g/mol. The third kappa shape index (κ3) is 5.11. The molecule has 10 nitrogen and oxygen atoms in total. The van der Waals surface area contributed by atoms with Crippen LogP contribution in [-0.2, 0) is 9.59 Å². The fourth-order valence-corrected chi connectivity index (χ4v) is 7.24. The summed E-state index contributed by atoms with van der Waals surface area (Å²) in [6, 6.07) is 12.6. The molecule has 4 heterocycles. The van der Waals surface area contributed by atoms with Gasteiger partial charge in [0.15, 0.2) is 0 Å². The molecule has 5 atom stereocenters. The topological polar surface area (TPSA) is 125 Å². The van der Waals surface area contributed by atoms with E-state index in [1.54, 1.807) is 23.2 Å². The van der Waals surface area contributed by atoms with Crippen LogP contribution in [0.1, 0.15) is 25.7 Å². The number of ether oxygens (including phenoxy) is 1. The number of thioether (sulfide) groups is 1. The minimum absolute atomic E-state index is 0.0169. The molecular weight excluding hydrogens is 516 g/mol. The molecule has 0 spiro atoms. The second kappa shape index (κ2) is 10.7. The lowest BCUT2D eigenvalue weighted by atomic mass is 9.86. The van der Waals surface area contributed by atoms with Crippen LogP contribution in [0.25, 0.3) is 0 Å². The van der Waals surface area contributed by atoms with Crippen molar-refractivity contribution >= 4 is 35.4 Å². The predicted molar refractivity (Wildman–Crippen MR) is 148 cm³/mol. The highest BCUT2D eigenvalue weighted by Crippen LogP contribution is 2.47. The van der Waals surface area contributed by atoms with Crippen LogP contribution in [0, 0.1) is 5.92 Å². The van der Waals surface area contributed by atoms with E-state index in [4.69, 9.17) is 4.74 Å². The van der Waals surface area contributed by atoms with Crippen molar-refractivity contribution in [1.29, 1.82) is 0 Å². The van der Waals surface area contributed by atoms with Gasteiger partial charge in [0.25, 0.3) is 5.91 Å². The van der Waals surface area contributed by atoms with Crippen LogP contribution in [0.4, 0.5) is 10.6 Å². The number of rotatable bonds is 7. The van der Waals surface area contributed by atoms with E-state index >= 15 is 0 Å². The molecule has 1 aliphatic carbocycles. The summed E-state index contributed by atoms with van der Waals surface area (Å²) in [6.45, 7) is 4.22.